The Kier molecular flexibility index (Phi) is 6.21. The van der Waals surface area contributed by atoms with Gasteiger partial charge in [-0.1, -0.05) is 24.0 Å². The molecule has 25 heavy (non-hydrogen) atoms. The number of furan rings is 1. The molecule has 0 radical (unpaired) electrons. The second-order valence-electron chi connectivity index (χ2n) is 5.73. The van der Waals surface area contributed by atoms with Crippen LogP contribution in [0, 0.1) is 0 Å². The molecule has 2 aliphatic heterocycles. The van der Waals surface area contributed by atoms with Gasteiger partial charge in [0.05, 0.1) is 23.3 Å². The summed E-state index contributed by atoms with van der Waals surface area (Å²) in [5.74, 6) is 1.73. The molecule has 134 valence electrons. The van der Waals surface area contributed by atoms with E-state index in [4.69, 9.17) is 16.6 Å². The van der Waals surface area contributed by atoms with E-state index in [1.807, 2.05) is 0 Å². The Morgan fingerprint density at radius 2 is 2.36 bits per heavy atom. The molecular weight excluding hydrogens is 380 g/mol. The lowest BCUT2D eigenvalue weighted by Crippen LogP contribution is -2.42. The summed E-state index contributed by atoms with van der Waals surface area (Å²) in [7, 11) is 0. The van der Waals surface area contributed by atoms with E-state index in [-0.39, 0.29) is 17.9 Å². The van der Waals surface area contributed by atoms with E-state index in [1.54, 1.807) is 36.2 Å². The maximum atomic E-state index is 12.4. The number of hydrogen-bond donors (Lipinski definition) is 2. The molecule has 0 saturated carbocycles. The van der Waals surface area contributed by atoms with Gasteiger partial charge in [-0.25, -0.2) is 0 Å². The number of aliphatic hydroxyl groups excluding tert-OH is 1. The lowest BCUT2D eigenvalue weighted by atomic mass is 10.2. The molecule has 2 amide bonds. The van der Waals surface area contributed by atoms with Gasteiger partial charge >= 0.3 is 0 Å². The van der Waals surface area contributed by atoms with E-state index in [0.29, 0.717) is 40.1 Å². The van der Waals surface area contributed by atoms with Crippen molar-refractivity contribution in [2.75, 3.05) is 18.1 Å². The topological polar surface area (TPSA) is 82.8 Å². The highest BCUT2D eigenvalue weighted by molar-refractivity contribution is 8.26. The maximum absolute atomic E-state index is 12.4. The van der Waals surface area contributed by atoms with Crippen molar-refractivity contribution in [1.82, 2.24) is 10.2 Å². The van der Waals surface area contributed by atoms with Crippen molar-refractivity contribution in [3.63, 3.8) is 0 Å². The zero-order valence-corrected chi connectivity index (χ0v) is 15.8. The first kappa shape index (κ1) is 18.5. The largest absolute Gasteiger partial charge is 0.465 e. The fraction of sp³-hybridized carbons (Fsp3) is 0.438. The summed E-state index contributed by atoms with van der Waals surface area (Å²) in [5, 5.41) is 12.6. The zero-order valence-electron chi connectivity index (χ0n) is 13.3. The minimum Gasteiger partial charge on any atom is -0.465 e. The molecule has 0 aromatic carbocycles. The SMILES string of the molecule is O=C(CCCN1C(=O)/C(=C/c2ccco2)SC1=S)N[C@H]1CSC[C@@H]1O. The number of aliphatic hydroxyl groups is 1. The van der Waals surface area contributed by atoms with E-state index in [2.05, 4.69) is 5.32 Å². The van der Waals surface area contributed by atoms with E-state index in [0.717, 1.165) is 5.75 Å². The summed E-state index contributed by atoms with van der Waals surface area (Å²) in [6.07, 6.45) is 3.55. The molecule has 0 unspecified atom stereocenters. The number of thioether (sulfide) groups is 2. The Morgan fingerprint density at radius 1 is 1.52 bits per heavy atom. The van der Waals surface area contributed by atoms with Crippen molar-refractivity contribution in [2.45, 2.75) is 25.0 Å². The van der Waals surface area contributed by atoms with E-state index in [9.17, 15) is 14.7 Å². The van der Waals surface area contributed by atoms with Crippen LogP contribution in [0.15, 0.2) is 27.7 Å². The average molecular weight is 399 g/mol. The van der Waals surface area contributed by atoms with Crippen molar-refractivity contribution >= 4 is 58.0 Å². The first-order chi connectivity index (χ1) is 12.0. The van der Waals surface area contributed by atoms with Crippen molar-refractivity contribution in [3.05, 3.63) is 29.1 Å². The van der Waals surface area contributed by atoms with Gasteiger partial charge in [-0.2, -0.15) is 11.8 Å². The number of nitrogens with one attached hydrogen (secondary N) is 1. The Bertz CT molecular complexity index is 690. The van der Waals surface area contributed by atoms with Gasteiger partial charge in [0.2, 0.25) is 5.91 Å². The molecule has 0 aliphatic carbocycles. The fourth-order valence-electron chi connectivity index (χ4n) is 2.55. The monoisotopic (exact) mass is 398 g/mol. The van der Waals surface area contributed by atoms with Crippen molar-refractivity contribution in [2.24, 2.45) is 0 Å². The molecule has 2 fully saturated rings. The highest BCUT2D eigenvalue weighted by atomic mass is 32.2. The summed E-state index contributed by atoms with van der Waals surface area (Å²) >= 11 is 8.13. The van der Waals surface area contributed by atoms with Gasteiger partial charge in [-0.15, -0.1) is 0 Å². The van der Waals surface area contributed by atoms with Crippen LogP contribution in [0.4, 0.5) is 0 Å². The molecule has 6 nitrogen and oxygen atoms in total. The summed E-state index contributed by atoms with van der Waals surface area (Å²) in [4.78, 5) is 26.4. The first-order valence-electron chi connectivity index (χ1n) is 7.88. The molecule has 0 bridgehead atoms. The molecule has 0 spiro atoms. The predicted molar refractivity (Wildman–Crippen MR) is 103 cm³/mol. The van der Waals surface area contributed by atoms with Crippen LogP contribution >= 0.6 is 35.7 Å². The summed E-state index contributed by atoms with van der Waals surface area (Å²) in [5.41, 5.74) is 0. The molecule has 3 rings (SSSR count). The van der Waals surface area contributed by atoms with Crippen LogP contribution in [0.5, 0.6) is 0 Å². The van der Waals surface area contributed by atoms with Crippen LogP contribution in [-0.2, 0) is 9.59 Å². The predicted octanol–water partition coefficient (Wildman–Crippen LogP) is 1.85. The minimum absolute atomic E-state index is 0.108. The van der Waals surface area contributed by atoms with Crippen LogP contribution < -0.4 is 5.32 Å². The van der Waals surface area contributed by atoms with Gasteiger partial charge in [-0.05, 0) is 18.6 Å². The second kappa shape index (κ2) is 8.39. The average Bonchev–Trinajstić information content (AvgIpc) is 3.27. The third kappa shape index (κ3) is 4.66. The molecule has 2 atom stereocenters. The summed E-state index contributed by atoms with van der Waals surface area (Å²) in [6, 6.07) is 3.35. The quantitative estimate of drug-likeness (QED) is 0.559. The number of carbonyl (C=O) groups is 2. The van der Waals surface area contributed by atoms with Crippen molar-refractivity contribution in [3.8, 4) is 0 Å². The standard InChI is InChI=1S/C16H18N2O4S3/c19-12-9-24-8-11(12)17-14(20)4-1-5-18-15(21)13(25-16(18)23)7-10-3-2-6-22-10/h2-3,6-7,11-12,19H,1,4-5,8-9H2,(H,17,20)/b13-7-/t11-,12-/m0/s1. The number of hydrogen-bond acceptors (Lipinski definition) is 7. The maximum Gasteiger partial charge on any atom is 0.266 e. The minimum atomic E-state index is -0.479. The summed E-state index contributed by atoms with van der Waals surface area (Å²) < 4.78 is 5.71. The number of carbonyl (C=O) groups excluding carboxylic acids is 2. The lowest BCUT2D eigenvalue weighted by Gasteiger charge is -2.17. The Balaban J connectivity index is 1.47. The molecule has 1 aromatic heterocycles. The van der Waals surface area contributed by atoms with Gasteiger partial charge in [-0.3, -0.25) is 14.5 Å². The molecule has 1 aromatic rings. The summed E-state index contributed by atoms with van der Waals surface area (Å²) in [6.45, 7) is 0.398. The molecule has 2 aliphatic rings. The second-order valence-corrected chi connectivity index (χ2v) is 8.48. The first-order valence-corrected chi connectivity index (χ1v) is 10.3. The van der Waals surface area contributed by atoms with Crippen LogP contribution in [0.2, 0.25) is 0 Å². The molecular formula is C16H18N2O4S3. The number of rotatable bonds is 6. The van der Waals surface area contributed by atoms with Crippen molar-refractivity contribution in [1.29, 1.82) is 0 Å². The van der Waals surface area contributed by atoms with Crippen LogP contribution in [0.25, 0.3) is 6.08 Å². The number of amides is 2. The van der Waals surface area contributed by atoms with Gasteiger partial charge in [0.15, 0.2) is 0 Å². The number of thiocarbonyl (C=S) groups is 1. The zero-order chi connectivity index (χ0) is 17.8. The van der Waals surface area contributed by atoms with Gasteiger partial charge in [0, 0.05) is 30.5 Å². The molecule has 3 heterocycles. The van der Waals surface area contributed by atoms with Crippen LogP contribution in [0.3, 0.4) is 0 Å². The van der Waals surface area contributed by atoms with E-state index < -0.39 is 6.10 Å². The highest BCUT2D eigenvalue weighted by Gasteiger charge is 2.32. The van der Waals surface area contributed by atoms with E-state index in [1.165, 1.54) is 16.7 Å². The third-order valence-corrected chi connectivity index (χ3v) is 6.42. The lowest BCUT2D eigenvalue weighted by molar-refractivity contribution is -0.124. The Labute approximate surface area is 159 Å². The number of nitrogens with zero attached hydrogens (tertiary/aromatic N) is 1. The Hall–Kier alpha value is -1.29. The van der Waals surface area contributed by atoms with Gasteiger partial charge < -0.3 is 14.8 Å². The molecule has 2 N–H and O–H groups in total. The normalized spacial score (nSPS) is 25.2. The van der Waals surface area contributed by atoms with E-state index >= 15 is 0 Å². The van der Waals surface area contributed by atoms with Crippen LogP contribution in [0.1, 0.15) is 18.6 Å². The fourth-order valence-corrected chi connectivity index (χ4v) is 5.01. The highest BCUT2D eigenvalue weighted by Crippen LogP contribution is 2.32. The molecule has 2 saturated heterocycles. The smallest absolute Gasteiger partial charge is 0.266 e. The molecule has 9 heteroatoms. The van der Waals surface area contributed by atoms with Gasteiger partial charge in [0.25, 0.3) is 5.91 Å². The van der Waals surface area contributed by atoms with Crippen LogP contribution in [-0.4, -0.2) is 56.3 Å². The van der Waals surface area contributed by atoms with Gasteiger partial charge in [0.1, 0.15) is 10.1 Å². The van der Waals surface area contributed by atoms with Crippen molar-refractivity contribution < 1.29 is 19.1 Å². The Morgan fingerprint density at radius 3 is 3.04 bits per heavy atom. The third-order valence-electron chi connectivity index (χ3n) is 3.87.